The van der Waals surface area contributed by atoms with Crippen molar-refractivity contribution in [2.24, 2.45) is 0 Å². The fourth-order valence-corrected chi connectivity index (χ4v) is 4.39. The van der Waals surface area contributed by atoms with Crippen molar-refractivity contribution >= 4 is 60.8 Å². The largest absolute Gasteiger partial charge is 0.497 e. The van der Waals surface area contributed by atoms with Crippen LogP contribution in [0.4, 0.5) is 10.3 Å². The van der Waals surface area contributed by atoms with Gasteiger partial charge in [0, 0.05) is 6.54 Å². The molecule has 0 saturated heterocycles. The van der Waals surface area contributed by atoms with Crippen molar-refractivity contribution < 1.29 is 9.53 Å². The maximum absolute atomic E-state index is 12.1. The van der Waals surface area contributed by atoms with Crippen LogP contribution in [0, 0.1) is 0 Å². The predicted molar refractivity (Wildman–Crippen MR) is 99.6 cm³/mol. The van der Waals surface area contributed by atoms with E-state index in [2.05, 4.69) is 25.8 Å². The van der Waals surface area contributed by atoms with E-state index in [1.54, 1.807) is 7.11 Å². The molecule has 0 atom stereocenters. The summed E-state index contributed by atoms with van der Waals surface area (Å²) in [6.45, 7) is 2.79. The van der Waals surface area contributed by atoms with Gasteiger partial charge in [-0.05, 0) is 25.1 Å². The van der Waals surface area contributed by atoms with Gasteiger partial charge in [-0.15, -0.1) is 10.2 Å². The number of carbonyl (C=O) groups excluding carboxylic acids is 1. The lowest BCUT2D eigenvalue weighted by atomic mass is 10.3. The Morgan fingerprint density at radius 2 is 2.17 bits per heavy atom. The molecule has 3 rings (SSSR count). The molecule has 0 saturated carbocycles. The van der Waals surface area contributed by atoms with Gasteiger partial charge in [-0.25, -0.2) is 4.98 Å². The van der Waals surface area contributed by atoms with Gasteiger partial charge < -0.3 is 15.4 Å². The van der Waals surface area contributed by atoms with Crippen molar-refractivity contribution in [1.82, 2.24) is 15.2 Å². The minimum absolute atomic E-state index is 0.119. The van der Waals surface area contributed by atoms with Gasteiger partial charge in [-0.3, -0.25) is 4.79 Å². The van der Waals surface area contributed by atoms with Crippen LogP contribution < -0.4 is 15.4 Å². The quantitative estimate of drug-likeness (QED) is 0.607. The maximum Gasteiger partial charge on any atom is 0.236 e. The second kappa shape index (κ2) is 7.77. The topological polar surface area (TPSA) is 89.0 Å². The van der Waals surface area contributed by atoms with E-state index in [-0.39, 0.29) is 11.7 Å². The molecule has 0 aliphatic rings. The minimum Gasteiger partial charge on any atom is -0.497 e. The van der Waals surface area contributed by atoms with Crippen molar-refractivity contribution in [2.75, 3.05) is 30.0 Å². The van der Waals surface area contributed by atoms with E-state index in [0.717, 1.165) is 32.0 Å². The number of carbonyl (C=O) groups is 1. The Bertz CT molecular complexity index is 848. The van der Waals surface area contributed by atoms with E-state index >= 15 is 0 Å². The first-order valence-corrected chi connectivity index (χ1v) is 9.74. The molecular weight excluding hydrogens is 366 g/mol. The van der Waals surface area contributed by atoms with E-state index in [1.165, 1.54) is 34.4 Å². The number of nitrogens with zero attached hydrogens (tertiary/aromatic N) is 3. The minimum atomic E-state index is -0.119. The number of nitrogens with one attached hydrogen (secondary N) is 2. The highest BCUT2D eigenvalue weighted by Crippen LogP contribution is 2.30. The lowest BCUT2D eigenvalue weighted by Gasteiger charge is -1.98. The van der Waals surface area contributed by atoms with Crippen LogP contribution in [-0.4, -0.2) is 40.5 Å². The van der Waals surface area contributed by atoms with Crippen LogP contribution >= 0.6 is 34.4 Å². The monoisotopic (exact) mass is 381 g/mol. The number of rotatable bonds is 7. The summed E-state index contributed by atoms with van der Waals surface area (Å²) in [5.74, 6) is 0.915. The first kappa shape index (κ1) is 16.9. The molecule has 3 aromatic rings. The molecule has 10 heteroatoms. The van der Waals surface area contributed by atoms with Gasteiger partial charge in [0.2, 0.25) is 11.0 Å². The van der Waals surface area contributed by atoms with E-state index in [1.807, 2.05) is 25.1 Å². The molecule has 0 unspecified atom stereocenters. The number of amides is 1. The molecule has 1 aromatic carbocycles. The summed E-state index contributed by atoms with van der Waals surface area (Å²) in [6, 6.07) is 5.63. The van der Waals surface area contributed by atoms with Crippen LogP contribution in [0.5, 0.6) is 5.75 Å². The third-order valence-corrected chi connectivity index (χ3v) is 5.85. The Morgan fingerprint density at radius 3 is 2.96 bits per heavy atom. The van der Waals surface area contributed by atoms with Gasteiger partial charge in [0.1, 0.15) is 5.75 Å². The van der Waals surface area contributed by atoms with Crippen molar-refractivity contribution in [2.45, 2.75) is 11.3 Å². The summed E-state index contributed by atoms with van der Waals surface area (Å²) in [4.78, 5) is 16.5. The van der Waals surface area contributed by atoms with Crippen LogP contribution in [0.3, 0.4) is 0 Å². The predicted octanol–water partition coefficient (Wildman–Crippen LogP) is 3.32. The third kappa shape index (κ3) is 4.13. The summed E-state index contributed by atoms with van der Waals surface area (Å²) >= 11 is 4.21. The fraction of sp³-hybridized carbons (Fsp3) is 0.286. The molecule has 2 N–H and O–H groups in total. The molecule has 126 valence electrons. The van der Waals surface area contributed by atoms with Crippen LogP contribution in [0.2, 0.25) is 0 Å². The SMILES string of the molecule is CCNc1nnc(SCC(=O)Nc2nc3ccc(OC)cc3s2)s1. The molecule has 0 aliphatic heterocycles. The van der Waals surface area contributed by atoms with Crippen LogP contribution in [0.1, 0.15) is 6.92 Å². The van der Waals surface area contributed by atoms with E-state index < -0.39 is 0 Å². The second-order valence-corrected chi connectivity index (χ2v) is 7.82. The number of methoxy groups -OCH3 is 1. The highest BCUT2D eigenvalue weighted by atomic mass is 32.2. The van der Waals surface area contributed by atoms with Gasteiger partial charge in [0.25, 0.3) is 0 Å². The van der Waals surface area contributed by atoms with Crippen LogP contribution in [0.15, 0.2) is 22.5 Å². The molecule has 2 aromatic heterocycles. The molecule has 0 spiro atoms. The van der Waals surface area contributed by atoms with Crippen molar-refractivity contribution in [3.05, 3.63) is 18.2 Å². The highest BCUT2D eigenvalue weighted by Gasteiger charge is 2.11. The number of hydrogen-bond donors (Lipinski definition) is 2. The Kier molecular flexibility index (Phi) is 5.48. The van der Waals surface area contributed by atoms with Crippen LogP contribution in [0.25, 0.3) is 10.2 Å². The lowest BCUT2D eigenvalue weighted by molar-refractivity contribution is -0.113. The van der Waals surface area contributed by atoms with Gasteiger partial charge in [-0.2, -0.15) is 0 Å². The van der Waals surface area contributed by atoms with Crippen molar-refractivity contribution in [3.8, 4) is 5.75 Å². The molecule has 1 amide bonds. The highest BCUT2D eigenvalue weighted by molar-refractivity contribution is 8.01. The normalized spacial score (nSPS) is 10.8. The molecule has 2 heterocycles. The molecule has 0 aliphatic carbocycles. The van der Waals surface area contributed by atoms with E-state index in [0.29, 0.717) is 5.13 Å². The number of thiazole rings is 1. The number of fused-ring (bicyclic) bond motifs is 1. The molecular formula is C14H15N5O2S3. The number of aromatic nitrogens is 3. The molecule has 24 heavy (non-hydrogen) atoms. The Labute approximate surface area is 150 Å². The molecule has 0 bridgehead atoms. The Balaban J connectivity index is 1.57. The summed E-state index contributed by atoms with van der Waals surface area (Å²) in [7, 11) is 1.62. The standard InChI is InChI=1S/C14H15N5O2S3/c1-3-15-12-18-19-14(24-12)22-7-11(20)17-13-16-9-5-4-8(21-2)6-10(9)23-13/h4-6H,3,7H2,1-2H3,(H,15,18)(H,16,17,20). The van der Waals surface area contributed by atoms with Crippen molar-refractivity contribution in [3.63, 3.8) is 0 Å². The smallest absolute Gasteiger partial charge is 0.236 e. The third-order valence-electron chi connectivity index (χ3n) is 2.90. The number of anilines is 2. The van der Waals surface area contributed by atoms with Crippen molar-refractivity contribution in [1.29, 1.82) is 0 Å². The first-order chi connectivity index (χ1) is 11.7. The first-order valence-electron chi connectivity index (χ1n) is 7.12. The van der Waals surface area contributed by atoms with E-state index in [9.17, 15) is 4.79 Å². The molecule has 0 fully saturated rings. The average Bonchev–Trinajstić information content (AvgIpc) is 3.18. The number of ether oxygens (including phenoxy) is 1. The van der Waals surface area contributed by atoms with Gasteiger partial charge in [-0.1, -0.05) is 34.4 Å². The average molecular weight is 382 g/mol. The molecule has 0 radical (unpaired) electrons. The summed E-state index contributed by atoms with van der Waals surface area (Å²) in [6.07, 6.45) is 0. The fourth-order valence-electron chi connectivity index (χ4n) is 1.86. The maximum atomic E-state index is 12.1. The van der Waals surface area contributed by atoms with E-state index in [4.69, 9.17) is 4.74 Å². The number of hydrogen-bond acceptors (Lipinski definition) is 9. The summed E-state index contributed by atoms with van der Waals surface area (Å²) in [5.41, 5.74) is 0.836. The van der Waals surface area contributed by atoms with Gasteiger partial charge in [0.15, 0.2) is 9.47 Å². The molecule has 7 nitrogen and oxygen atoms in total. The number of thioether (sulfide) groups is 1. The zero-order valence-electron chi connectivity index (χ0n) is 13.0. The van der Waals surface area contributed by atoms with Crippen LogP contribution in [-0.2, 0) is 4.79 Å². The summed E-state index contributed by atoms with van der Waals surface area (Å²) in [5, 5.41) is 15.3. The van der Waals surface area contributed by atoms with Gasteiger partial charge in [0.05, 0.1) is 23.1 Å². The Hall–Kier alpha value is -1.91. The second-order valence-electron chi connectivity index (χ2n) is 4.59. The lowest BCUT2D eigenvalue weighted by Crippen LogP contribution is -2.13. The zero-order chi connectivity index (χ0) is 16.9. The number of benzene rings is 1. The Morgan fingerprint density at radius 1 is 1.29 bits per heavy atom. The zero-order valence-corrected chi connectivity index (χ0v) is 15.5. The van der Waals surface area contributed by atoms with Gasteiger partial charge >= 0.3 is 0 Å². The summed E-state index contributed by atoms with van der Waals surface area (Å²) < 4.78 is 6.92.